The number of hydrogen-bond acceptors (Lipinski definition) is 14. The average Bonchev–Trinajstić information content (AvgIpc) is 3.03. The number of carbonyl (C=O) groups is 4. The van der Waals surface area contributed by atoms with Gasteiger partial charge in [0.2, 0.25) is 0 Å². The van der Waals surface area contributed by atoms with Crippen molar-refractivity contribution < 1.29 is 1390 Å². The standard InChI is InChI=1S/4C5H9O2.2C4H7O2.2C4H8O2.40Y/c2*1-5(2)3-7-4-6;2*1-4(2)5(6)7-3;2*1-4(2)6-3-5;2*1-3(2)4(5)6;;;;;;;;;;;;;;;;;;;;;;;;;;;;;;;;;;;;;;;;/h2*5H,3H2,1-2H3;2*4H,3H2,1-2H3;2*4H,1-2H3;2*3H,1-2H3,(H,5,6);;;;;;;;;;;;;;;;;;;;;;;;;;;;;;;;;;;;;;;;/q6*-1;;;;;;;;;;;;;;;;;;;;;;;;;;;;;;;;;;;;;;;;;;. The fourth-order valence-electron chi connectivity index (χ4n) is 0.927. The van der Waals surface area contributed by atoms with Gasteiger partial charge in [0.1, 0.15) is 0 Å². The largest absolute Gasteiger partial charge is 0.652 e. The van der Waals surface area contributed by atoms with Crippen LogP contribution in [-0.2, 0) is 1380 Å². The molecule has 0 spiro atoms. The van der Waals surface area contributed by atoms with Crippen LogP contribution in [0.3, 0.4) is 0 Å². The van der Waals surface area contributed by atoms with Crippen molar-refractivity contribution >= 4 is 49.8 Å². The van der Waals surface area contributed by atoms with Gasteiger partial charge in [-0.3, -0.25) is 19.2 Å². The Kier molecular flexibility index (Phi) is 998. The molecule has 2 N–H and O–H groups in total. The van der Waals surface area contributed by atoms with Crippen LogP contribution < -0.4 is 0 Å². The maximum Gasteiger partial charge on any atom is 0.305 e. The van der Waals surface area contributed by atoms with E-state index in [4.69, 9.17) is 10.2 Å². The molecule has 0 bridgehead atoms. The van der Waals surface area contributed by atoms with Crippen LogP contribution in [0.5, 0.6) is 0 Å². The Morgan fingerprint density at radius 2 is 0.391 bits per heavy atom. The van der Waals surface area contributed by atoms with E-state index < -0.39 is 11.9 Å². The smallest absolute Gasteiger partial charge is 0.305 e. The number of ether oxygens (including phenoxy) is 6. The number of carbonyl (C=O) groups excluding carboxylic acids is 6. The van der Waals surface area contributed by atoms with E-state index in [0.717, 1.165) is 0 Å². The molecule has 0 saturated heterocycles. The van der Waals surface area contributed by atoms with Crippen LogP contribution in [0.4, 0.5) is 0 Å². The van der Waals surface area contributed by atoms with Crippen molar-refractivity contribution in [1.29, 1.82) is 0 Å². The first kappa shape index (κ1) is 321. The van der Waals surface area contributed by atoms with E-state index in [9.17, 15) is 38.4 Å². The molecule has 0 unspecified atom stereocenters. The fraction of sp³-hybridized carbons (Fsp3) is 0.722. The molecule has 0 aliphatic rings. The first-order valence-electron chi connectivity index (χ1n) is 16.1. The molecule has 0 fully saturated rings. The Hall–Kier alpha value is 39.9. The van der Waals surface area contributed by atoms with Gasteiger partial charge in [-0.05, 0) is 39.5 Å². The number of rotatable bonds is 14. The summed E-state index contributed by atoms with van der Waals surface area (Å²) in [6.45, 7) is 34.8. The molecule has 0 rings (SSSR count). The van der Waals surface area contributed by atoms with Gasteiger partial charge in [-0.1, -0.05) is 109 Å². The zero-order valence-corrected chi connectivity index (χ0v) is 171. The van der Waals surface area contributed by atoms with Gasteiger partial charge in [0, 0.05) is 1320 Å². The molecule has 0 aliphatic carbocycles. The van der Waals surface area contributed by atoms with Crippen LogP contribution in [0.2, 0.25) is 0 Å². The number of carboxylic acid groups (broad SMARTS) is 2. The van der Waals surface area contributed by atoms with E-state index in [0.29, 0.717) is 25.0 Å². The number of carboxylic acids is 2. The normalized spacial score (nSPS) is 5.07. The predicted molar refractivity (Wildman–Crippen MR) is 194 cm³/mol. The summed E-state index contributed by atoms with van der Waals surface area (Å²) in [4.78, 5) is 77.1. The topological polar surface area (TPSA) is 232 Å². The van der Waals surface area contributed by atoms with Gasteiger partial charge in [0.15, 0.2) is 0 Å². The molecule has 0 saturated carbocycles. The number of hydrogen-bond donors (Lipinski definition) is 2. The van der Waals surface area contributed by atoms with Crippen LogP contribution >= 0.6 is 0 Å². The number of aliphatic carboxylic acids is 2. The average molecular weight is 4310 g/mol. The summed E-state index contributed by atoms with van der Waals surface area (Å²) in [6.07, 6.45) is -0.0509. The number of esters is 2. The Bertz CT molecular complexity index is 857. The maximum absolute atomic E-state index is 10.2. The van der Waals surface area contributed by atoms with Gasteiger partial charge in [-0.2, -0.15) is 14.2 Å². The van der Waals surface area contributed by atoms with E-state index in [2.05, 4.69) is 42.6 Å². The molecule has 0 amide bonds. The minimum absolute atomic E-state index is 0. The Balaban J connectivity index is -0.00000000493. The Morgan fingerprint density at radius 1 is 0.272 bits per heavy atom. The fourth-order valence-corrected chi connectivity index (χ4v) is 0.927. The molecule has 0 aromatic carbocycles. The van der Waals surface area contributed by atoms with E-state index in [-0.39, 0.29) is 1360 Å². The molecule has 0 aliphatic heterocycles. The van der Waals surface area contributed by atoms with Crippen molar-refractivity contribution in [2.45, 2.75) is 123 Å². The van der Waals surface area contributed by atoms with E-state index in [1.54, 1.807) is 83.1 Å². The molecule has 92 heavy (non-hydrogen) atoms. The monoisotopic (exact) mass is 4310 g/mol. The van der Waals surface area contributed by atoms with E-state index >= 15 is 0 Å². The molecular weight excluding hydrogens is 4240 g/mol. The third-order valence-corrected chi connectivity index (χ3v) is 3.73. The van der Waals surface area contributed by atoms with Crippen LogP contribution in [0, 0.1) is 49.7 Å². The Labute approximate surface area is 1570 Å². The van der Waals surface area contributed by atoms with Gasteiger partial charge in [0.25, 0.3) is 11.9 Å². The maximum atomic E-state index is 10.2. The van der Waals surface area contributed by atoms with Crippen molar-refractivity contribution in [3.8, 4) is 0 Å². The van der Waals surface area contributed by atoms with E-state index in [1.165, 1.54) is 25.9 Å². The first-order chi connectivity index (χ1) is 23.7. The van der Waals surface area contributed by atoms with Gasteiger partial charge in [-0.25, -0.2) is 0 Å². The summed E-state index contributed by atoms with van der Waals surface area (Å²) in [6, 6.07) is 0. The van der Waals surface area contributed by atoms with Gasteiger partial charge >= 0.3 is 11.9 Å². The zero-order valence-electron chi connectivity index (χ0n) is 57.2. The summed E-state index contributed by atoms with van der Waals surface area (Å²) in [5, 5.41) is 16.0. The van der Waals surface area contributed by atoms with Crippen LogP contribution in [0.15, 0.2) is 0 Å². The van der Waals surface area contributed by atoms with Crippen LogP contribution in [0.1, 0.15) is 111 Å². The molecule has 432 valence electrons. The summed E-state index contributed by atoms with van der Waals surface area (Å²) in [7, 11) is 5.91. The third kappa shape index (κ3) is 395. The summed E-state index contributed by atoms with van der Waals surface area (Å²) in [5.41, 5.74) is 0. The molecule has 0 aromatic heterocycles. The quantitative estimate of drug-likeness (QED) is 0.120. The van der Waals surface area contributed by atoms with Crippen molar-refractivity contribution in [3.05, 3.63) is 14.2 Å². The predicted octanol–water partition coefficient (Wildman–Crippen LogP) is 5.72. The SMILES string of the molecule is CC(C)C(=O)O.CC(C)C(=O)O.CC(C)CO[C-]=O.CC(C)CO[C-]=O.CC(C)O[C-]=O.CC(C)O[C-]=O.[CH2-]OC(=O)C(C)C.[CH2-]OC(=O)C(C)C.[Y].[Y].[Y].[Y].[Y].[Y].[Y].[Y].[Y].[Y].[Y].[Y].[Y].[Y].[Y].[Y].[Y].[Y].[Y].[Y].[Y].[Y].[Y].[Y].[Y].[Y].[Y].[Y].[Y].[Y].[Y].[Y].[Y].[Y].[Y].[Y].[Y].[Y].[Y].[Y]. The minimum Gasteiger partial charge on any atom is -0.652 e. The molecule has 0 aromatic rings. The summed E-state index contributed by atoms with van der Waals surface area (Å²) >= 11 is 0. The molecule has 16 nitrogen and oxygen atoms in total. The van der Waals surface area contributed by atoms with Crippen LogP contribution in [0.25, 0.3) is 0 Å². The van der Waals surface area contributed by atoms with E-state index in [1.807, 2.05) is 27.7 Å². The Morgan fingerprint density at radius 3 is 0.402 bits per heavy atom. The molecule has 0 atom stereocenters. The minimum atomic E-state index is -0.741. The van der Waals surface area contributed by atoms with Crippen molar-refractivity contribution in [2.24, 2.45) is 35.5 Å². The zero-order chi connectivity index (χ0) is 43.4. The first-order valence-corrected chi connectivity index (χ1v) is 16.1. The second-order valence-corrected chi connectivity index (χ2v) is 12.3. The van der Waals surface area contributed by atoms with Crippen molar-refractivity contribution in [3.63, 3.8) is 0 Å². The molecule has 0 heterocycles. The summed E-state index contributed by atoms with van der Waals surface area (Å²) in [5.74, 6) is -1.75. The van der Waals surface area contributed by atoms with Crippen molar-refractivity contribution in [2.75, 3.05) is 13.2 Å². The van der Waals surface area contributed by atoms with Crippen LogP contribution in [-0.4, -0.2) is 85.4 Å². The second kappa shape index (κ2) is 286. The van der Waals surface area contributed by atoms with Gasteiger partial charge in [-0.15, -0.1) is 0 Å². The van der Waals surface area contributed by atoms with Gasteiger partial charge in [0.05, 0.1) is 37.3 Å². The third-order valence-electron chi connectivity index (χ3n) is 3.73. The second-order valence-electron chi connectivity index (χ2n) is 12.3. The molecule has 40 radical (unpaired) electrons. The van der Waals surface area contributed by atoms with Gasteiger partial charge < -0.3 is 57.8 Å². The van der Waals surface area contributed by atoms with Crippen molar-refractivity contribution in [1.82, 2.24) is 0 Å². The molecule has 56 heteroatoms. The summed E-state index contributed by atoms with van der Waals surface area (Å²) < 4.78 is 25.3. The molecular formula is C36H66O16Y40-6.